The lowest BCUT2D eigenvalue weighted by molar-refractivity contribution is -0.571. The molecule has 0 amide bonds. The number of hydrogen-bond donors (Lipinski definition) is 0. The molecule has 0 aromatic heterocycles. The van der Waals surface area contributed by atoms with Crippen LogP contribution in [-0.2, 0) is 0 Å². The minimum absolute atomic E-state index is 0.0919. The van der Waals surface area contributed by atoms with Gasteiger partial charge in [0.1, 0.15) is 0 Å². The molecular weight excluding hydrogens is 276 g/mol. The van der Waals surface area contributed by atoms with Gasteiger partial charge in [0.2, 0.25) is 0 Å². The van der Waals surface area contributed by atoms with E-state index in [9.17, 15) is 10.1 Å². The Kier molecular flexibility index (Phi) is 4.69. The fourth-order valence-electron chi connectivity index (χ4n) is 3.71. The van der Waals surface area contributed by atoms with Crippen molar-refractivity contribution in [3.8, 4) is 0 Å². The monoisotopic (exact) mass is 300 g/mol. The van der Waals surface area contributed by atoms with Gasteiger partial charge < -0.3 is 4.90 Å². The molecule has 0 radical (unpaired) electrons. The predicted octanol–water partition coefficient (Wildman–Crippen LogP) is 3.99. The van der Waals surface area contributed by atoms with Gasteiger partial charge in [-0.15, -0.1) is 0 Å². The summed E-state index contributed by atoms with van der Waals surface area (Å²) in [6, 6.07) is 9.75. The second-order valence-electron chi connectivity index (χ2n) is 5.56. The second kappa shape index (κ2) is 6.34. The van der Waals surface area contributed by atoms with Crippen molar-refractivity contribution in [2.75, 3.05) is 13.1 Å². The highest BCUT2D eigenvalue weighted by atomic mass is 16.6. The van der Waals surface area contributed by atoms with Crippen molar-refractivity contribution in [1.29, 1.82) is 0 Å². The van der Waals surface area contributed by atoms with Crippen molar-refractivity contribution in [1.82, 2.24) is 4.90 Å². The van der Waals surface area contributed by atoms with E-state index in [0.29, 0.717) is 6.42 Å². The Morgan fingerprint density at radius 2 is 1.86 bits per heavy atom. The SMILES string of the molecule is C=CC1=C(N(CC)CC)[C@@](CC)([N+](=O)[O-])[C@@H]1c1ccccc1. The van der Waals surface area contributed by atoms with Crippen molar-refractivity contribution in [2.45, 2.75) is 38.6 Å². The Morgan fingerprint density at radius 1 is 1.27 bits per heavy atom. The molecule has 1 aliphatic carbocycles. The summed E-state index contributed by atoms with van der Waals surface area (Å²) in [4.78, 5) is 14.0. The normalized spacial score (nSPS) is 23.9. The maximum absolute atomic E-state index is 12.0. The number of likely N-dealkylation sites (N-methyl/N-ethyl adjacent to an activating group) is 1. The highest BCUT2D eigenvalue weighted by Crippen LogP contribution is 2.55. The smallest absolute Gasteiger partial charge is 0.272 e. The second-order valence-corrected chi connectivity index (χ2v) is 5.56. The van der Waals surface area contributed by atoms with Gasteiger partial charge in [-0.3, -0.25) is 10.1 Å². The number of hydrogen-bond acceptors (Lipinski definition) is 3. The van der Waals surface area contributed by atoms with Crippen LogP contribution in [0.2, 0.25) is 0 Å². The van der Waals surface area contributed by atoms with Crippen LogP contribution in [0.15, 0.2) is 54.3 Å². The zero-order valence-corrected chi connectivity index (χ0v) is 13.6. The molecule has 0 saturated carbocycles. The fourth-order valence-corrected chi connectivity index (χ4v) is 3.71. The lowest BCUT2D eigenvalue weighted by Gasteiger charge is -2.48. The molecule has 0 bridgehead atoms. The number of allylic oxidation sites excluding steroid dienone is 1. The van der Waals surface area contributed by atoms with Gasteiger partial charge in [-0.05, 0) is 25.0 Å². The summed E-state index contributed by atoms with van der Waals surface area (Å²) in [5.41, 5.74) is 1.78. The van der Waals surface area contributed by atoms with Crippen LogP contribution < -0.4 is 0 Å². The van der Waals surface area contributed by atoms with Crippen molar-refractivity contribution >= 4 is 0 Å². The molecule has 4 nitrogen and oxygen atoms in total. The zero-order chi connectivity index (χ0) is 16.3. The van der Waals surface area contributed by atoms with Crippen molar-refractivity contribution < 1.29 is 4.92 Å². The van der Waals surface area contributed by atoms with E-state index in [2.05, 4.69) is 11.5 Å². The third-order valence-corrected chi connectivity index (χ3v) is 4.77. The van der Waals surface area contributed by atoms with Crippen LogP contribution in [0.5, 0.6) is 0 Å². The van der Waals surface area contributed by atoms with Gasteiger partial charge in [0.25, 0.3) is 5.54 Å². The molecule has 0 heterocycles. The van der Waals surface area contributed by atoms with Crippen molar-refractivity contribution in [2.24, 2.45) is 0 Å². The van der Waals surface area contributed by atoms with Gasteiger partial charge in [-0.1, -0.05) is 49.9 Å². The molecule has 0 aliphatic heterocycles. The molecule has 0 unspecified atom stereocenters. The average Bonchev–Trinajstić information content (AvgIpc) is 2.52. The van der Waals surface area contributed by atoms with E-state index in [-0.39, 0.29) is 10.8 Å². The molecule has 2 rings (SSSR count). The highest BCUT2D eigenvalue weighted by molar-refractivity contribution is 5.54. The summed E-state index contributed by atoms with van der Waals surface area (Å²) >= 11 is 0. The summed E-state index contributed by atoms with van der Waals surface area (Å²) in [7, 11) is 0. The first-order valence-electron chi connectivity index (χ1n) is 7.89. The number of nitrogens with zero attached hydrogens (tertiary/aromatic N) is 2. The van der Waals surface area contributed by atoms with E-state index in [1.165, 1.54) is 0 Å². The van der Waals surface area contributed by atoms with Gasteiger partial charge >= 0.3 is 0 Å². The minimum Gasteiger partial charge on any atom is -0.369 e. The molecule has 1 aromatic carbocycles. The number of benzene rings is 1. The van der Waals surface area contributed by atoms with Crippen molar-refractivity contribution in [3.63, 3.8) is 0 Å². The zero-order valence-electron chi connectivity index (χ0n) is 13.6. The van der Waals surface area contributed by atoms with Crippen LogP contribution in [-0.4, -0.2) is 28.5 Å². The molecule has 2 atom stereocenters. The average molecular weight is 300 g/mol. The Morgan fingerprint density at radius 3 is 2.27 bits per heavy atom. The topological polar surface area (TPSA) is 46.4 Å². The van der Waals surface area contributed by atoms with Crippen LogP contribution in [0.4, 0.5) is 0 Å². The summed E-state index contributed by atoms with van der Waals surface area (Å²) in [5, 5.41) is 12.0. The quantitative estimate of drug-likeness (QED) is 0.565. The van der Waals surface area contributed by atoms with E-state index < -0.39 is 5.54 Å². The number of rotatable bonds is 7. The van der Waals surface area contributed by atoms with Crippen molar-refractivity contribution in [3.05, 3.63) is 69.9 Å². The maximum Gasteiger partial charge on any atom is 0.272 e. The molecule has 0 fully saturated rings. The van der Waals surface area contributed by atoms with Gasteiger partial charge in [-0.25, -0.2) is 0 Å². The van der Waals surface area contributed by atoms with E-state index in [1.54, 1.807) is 6.08 Å². The van der Waals surface area contributed by atoms with Gasteiger partial charge in [0.05, 0.1) is 11.6 Å². The van der Waals surface area contributed by atoms with E-state index >= 15 is 0 Å². The highest BCUT2D eigenvalue weighted by Gasteiger charge is 2.64. The van der Waals surface area contributed by atoms with Crippen LogP contribution in [0.3, 0.4) is 0 Å². The summed E-state index contributed by atoms with van der Waals surface area (Å²) in [5.74, 6) is -0.221. The fraction of sp³-hybridized carbons (Fsp3) is 0.444. The maximum atomic E-state index is 12.0. The molecule has 4 heteroatoms. The molecule has 1 aromatic rings. The third kappa shape index (κ3) is 2.14. The number of nitro groups is 1. The Hall–Kier alpha value is -2.10. The van der Waals surface area contributed by atoms with Crippen LogP contribution in [0, 0.1) is 10.1 Å². The first-order valence-corrected chi connectivity index (χ1v) is 7.89. The third-order valence-electron chi connectivity index (χ3n) is 4.77. The van der Waals surface area contributed by atoms with Gasteiger partial charge in [0, 0.05) is 24.4 Å². The first kappa shape index (κ1) is 16.3. The summed E-state index contributed by atoms with van der Waals surface area (Å²) in [6.45, 7) is 11.4. The standard InChI is InChI=1S/C18H24N2O2/c1-5-15-16(14-12-10-9-11-13-14)18(6-2,20(21)22)17(15)19(7-3)8-4/h5,9-13,16H,1,6-8H2,2-4H3/t16-,18+/m1/s1. The van der Waals surface area contributed by atoms with Crippen LogP contribution >= 0.6 is 0 Å². The predicted molar refractivity (Wildman–Crippen MR) is 89.3 cm³/mol. The molecular formula is C18H24N2O2. The first-order chi connectivity index (χ1) is 10.6. The molecule has 1 aliphatic rings. The summed E-state index contributed by atoms with van der Waals surface area (Å²) in [6.07, 6.45) is 2.27. The van der Waals surface area contributed by atoms with E-state index in [0.717, 1.165) is 29.9 Å². The van der Waals surface area contributed by atoms with E-state index in [4.69, 9.17) is 0 Å². The van der Waals surface area contributed by atoms with E-state index in [1.807, 2.05) is 51.1 Å². The molecule has 0 spiro atoms. The van der Waals surface area contributed by atoms with Crippen LogP contribution in [0.1, 0.15) is 38.7 Å². The Labute approximate surface area is 132 Å². The van der Waals surface area contributed by atoms with Gasteiger partial charge in [-0.2, -0.15) is 0 Å². The lowest BCUT2D eigenvalue weighted by atomic mass is 9.60. The molecule has 22 heavy (non-hydrogen) atoms. The summed E-state index contributed by atoms with van der Waals surface area (Å²) < 4.78 is 0. The molecule has 118 valence electrons. The van der Waals surface area contributed by atoms with Gasteiger partial charge in [0.15, 0.2) is 0 Å². The van der Waals surface area contributed by atoms with Crippen LogP contribution in [0.25, 0.3) is 0 Å². The Balaban J connectivity index is 2.66. The molecule has 0 saturated heterocycles. The largest absolute Gasteiger partial charge is 0.369 e. The molecule has 0 N–H and O–H groups in total. The Bertz CT molecular complexity index is 590. The minimum atomic E-state index is -1.04. The lowest BCUT2D eigenvalue weighted by Crippen LogP contribution is -2.58.